The van der Waals surface area contributed by atoms with E-state index in [0.717, 1.165) is 23.1 Å². The molecule has 0 N–H and O–H groups in total. The third-order valence-corrected chi connectivity index (χ3v) is 3.51. The number of rotatable bonds is 4. The molecule has 2 aromatic rings. The number of hydrogen-bond donors (Lipinski definition) is 0. The molecule has 0 amide bonds. The van der Waals surface area contributed by atoms with Gasteiger partial charge in [-0.3, -0.25) is 4.90 Å². The molecule has 0 spiro atoms. The summed E-state index contributed by atoms with van der Waals surface area (Å²) in [4.78, 5) is 6.30. The van der Waals surface area contributed by atoms with E-state index in [0.29, 0.717) is 5.15 Å². The third kappa shape index (κ3) is 3.80. The van der Waals surface area contributed by atoms with Crippen LogP contribution in [0.25, 0.3) is 0 Å². The molecule has 18 heavy (non-hydrogen) atoms. The maximum absolute atomic E-state index is 6.05. The van der Waals surface area contributed by atoms with Crippen LogP contribution >= 0.6 is 27.5 Å². The van der Waals surface area contributed by atoms with Gasteiger partial charge in [-0.25, -0.2) is 4.98 Å². The second kappa shape index (κ2) is 6.32. The van der Waals surface area contributed by atoms with Crippen LogP contribution in [0.15, 0.2) is 47.1 Å². The highest BCUT2D eigenvalue weighted by atomic mass is 79.9. The smallest absolute Gasteiger partial charge is 0.133 e. The monoisotopic (exact) mass is 324 g/mol. The minimum atomic E-state index is 0.583. The highest BCUT2D eigenvalue weighted by Crippen LogP contribution is 2.16. The molecule has 0 saturated heterocycles. The lowest BCUT2D eigenvalue weighted by molar-refractivity contribution is 0.319. The molecule has 0 unspecified atom stereocenters. The second-order valence-electron chi connectivity index (χ2n) is 4.25. The van der Waals surface area contributed by atoms with Gasteiger partial charge in [-0.1, -0.05) is 45.7 Å². The Bertz CT molecular complexity index is 513. The maximum atomic E-state index is 6.05. The molecule has 1 aromatic heterocycles. The molecule has 2 rings (SSSR count). The average Bonchev–Trinajstić information content (AvgIpc) is 2.35. The zero-order valence-corrected chi connectivity index (χ0v) is 12.4. The van der Waals surface area contributed by atoms with Crippen molar-refractivity contribution in [3.05, 3.63) is 63.3 Å². The van der Waals surface area contributed by atoms with Crippen molar-refractivity contribution >= 4 is 27.5 Å². The molecule has 0 bridgehead atoms. The first-order chi connectivity index (χ1) is 8.65. The van der Waals surface area contributed by atoms with E-state index in [-0.39, 0.29) is 0 Å². The first-order valence-corrected chi connectivity index (χ1v) is 6.84. The molecule has 1 aromatic carbocycles. The van der Waals surface area contributed by atoms with Crippen molar-refractivity contribution in [2.24, 2.45) is 0 Å². The molecule has 0 fully saturated rings. The van der Waals surface area contributed by atoms with Crippen LogP contribution in [-0.4, -0.2) is 16.9 Å². The Morgan fingerprint density at radius 1 is 1.17 bits per heavy atom. The molecule has 0 atom stereocenters. The molecule has 2 nitrogen and oxygen atoms in total. The fraction of sp³-hybridized carbons (Fsp3) is 0.214. The van der Waals surface area contributed by atoms with Gasteiger partial charge in [0.2, 0.25) is 0 Å². The molecule has 0 saturated carbocycles. The zero-order valence-electron chi connectivity index (χ0n) is 10.1. The predicted molar refractivity (Wildman–Crippen MR) is 78.6 cm³/mol. The predicted octanol–water partition coefficient (Wildman–Crippen LogP) is 4.13. The van der Waals surface area contributed by atoms with E-state index in [4.69, 9.17) is 11.6 Å². The van der Waals surface area contributed by atoms with Crippen molar-refractivity contribution in [2.45, 2.75) is 13.1 Å². The number of nitrogens with zero attached hydrogens (tertiary/aromatic N) is 2. The third-order valence-electron chi connectivity index (χ3n) is 2.64. The Morgan fingerprint density at radius 2 is 1.89 bits per heavy atom. The van der Waals surface area contributed by atoms with Crippen LogP contribution in [0.5, 0.6) is 0 Å². The number of benzene rings is 1. The molecule has 0 aliphatic carbocycles. The molecular weight excluding hydrogens is 312 g/mol. The number of hydrogen-bond acceptors (Lipinski definition) is 2. The Hall–Kier alpha value is -0.900. The van der Waals surface area contributed by atoms with Crippen LogP contribution in [0.4, 0.5) is 0 Å². The second-order valence-corrected chi connectivity index (χ2v) is 5.53. The summed E-state index contributed by atoms with van der Waals surface area (Å²) in [5.41, 5.74) is 2.33. The first kappa shape index (κ1) is 13.5. The fourth-order valence-corrected chi connectivity index (χ4v) is 2.23. The van der Waals surface area contributed by atoms with Crippen LogP contribution in [0, 0.1) is 0 Å². The van der Waals surface area contributed by atoms with E-state index in [1.54, 1.807) is 6.20 Å². The Kier molecular flexibility index (Phi) is 4.75. The van der Waals surface area contributed by atoms with Crippen LogP contribution in [0.1, 0.15) is 11.1 Å². The fourth-order valence-electron chi connectivity index (χ4n) is 1.79. The van der Waals surface area contributed by atoms with Gasteiger partial charge in [0.25, 0.3) is 0 Å². The van der Waals surface area contributed by atoms with Crippen molar-refractivity contribution in [3.8, 4) is 0 Å². The van der Waals surface area contributed by atoms with E-state index in [2.05, 4.69) is 57.1 Å². The summed E-state index contributed by atoms with van der Waals surface area (Å²) in [6.07, 6.45) is 1.71. The largest absolute Gasteiger partial charge is 0.298 e. The summed E-state index contributed by atoms with van der Waals surface area (Å²) in [5, 5.41) is 0.583. The Labute approximate surface area is 121 Å². The maximum Gasteiger partial charge on any atom is 0.133 e. The van der Waals surface area contributed by atoms with Gasteiger partial charge in [-0.2, -0.15) is 0 Å². The van der Waals surface area contributed by atoms with Crippen molar-refractivity contribution in [1.29, 1.82) is 0 Å². The highest BCUT2D eigenvalue weighted by molar-refractivity contribution is 9.10. The van der Waals surface area contributed by atoms with Crippen LogP contribution < -0.4 is 0 Å². The molecule has 1 heterocycles. The van der Waals surface area contributed by atoms with E-state index < -0.39 is 0 Å². The normalized spacial score (nSPS) is 10.9. The minimum absolute atomic E-state index is 0.583. The number of pyridine rings is 1. The SMILES string of the molecule is CN(Cc1ccc(Br)cc1)Cc1cccnc1Cl. The van der Waals surface area contributed by atoms with Gasteiger partial charge in [0.15, 0.2) is 0 Å². The van der Waals surface area contributed by atoms with Gasteiger partial charge < -0.3 is 0 Å². The lowest BCUT2D eigenvalue weighted by Crippen LogP contribution is -2.17. The minimum Gasteiger partial charge on any atom is -0.298 e. The summed E-state index contributed by atoms with van der Waals surface area (Å²) in [6.45, 7) is 1.68. The van der Waals surface area contributed by atoms with Crippen molar-refractivity contribution < 1.29 is 0 Å². The number of aromatic nitrogens is 1. The molecular formula is C14H14BrClN2. The summed E-state index contributed by atoms with van der Waals surface area (Å²) < 4.78 is 1.10. The van der Waals surface area contributed by atoms with Crippen LogP contribution in [-0.2, 0) is 13.1 Å². The molecule has 0 aliphatic rings. The highest BCUT2D eigenvalue weighted by Gasteiger charge is 2.05. The molecule has 0 aliphatic heterocycles. The average molecular weight is 326 g/mol. The van der Waals surface area contributed by atoms with Gasteiger partial charge in [0, 0.05) is 29.3 Å². The van der Waals surface area contributed by atoms with E-state index in [9.17, 15) is 0 Å². The Balaban J connectivity index is 1.99. The number of halogens is 2. The van der Waals surface area contributed by atoms with Gasteiger partial charge in [-0.05, 0) is 30.8 Å². The van der Waals surface area contributed by atoms with Gasteiger partial charge >= 0.3 is 0 Å². The van der Waals surface area contributed by atoms with Crippen molar-refractivity contribution in [2.75, 3.05) is 7.05 Å². The van der Waals surface area contributed by atoms with Crippen molar-refractivity contribution in [3.63, 3.8) is 0 Å². The van der Waals surface area contributed by atoms with Crippen LogP contribution in [0.2, 0.25) is 5.15 Å². The molecule has 0 radical (unpaired) electrons. The van der Waals surface area contributed by atoms with Gasteiger partial charge in [0.05, 0.1) is 0 Å². The summed E-state index contributed by atoms with van der Waals surface area (Å²) in [7, 11) is 2.07. The lowest BCUT2D eigenvalue weighted by atomic mass is 10.2. The van der Waals surface area contributed by atoms with Crippen LogP contribution in [0.3, 0.4) is 0 Å². The summed E-state index contributed by atoms with van der Waals surface area (Å²) >= 11 is 9.48. The summed E-state index contributed by atoms with van der Waals surface area (Å²) in [5.74, 6) is 0. The first-order valence-electron chi connectivity index (χ1n) is 5.67. The van der Waals surface area contributed by atoms with Crippen molar-refractivity contribution in [1.82, 2.24) is 9.88 Å². The quantitative estimate of drug-likeness (QED) is 0.786. The van der Waals surface area contributed by atoms with Gasteiger partial charge in [0.1, 0.15) is 5.15 Å². The molecule has 94 valence electrons. The Morgan fingerprint density at radius 3 is 2.56 bits per heavy atom. The van der Waals surface area contributed by atoms with Gasteiger partial charge in [-0.15, -0.1) is 0 Å². The summed E-state index contributed by atoms with van der Waals surface area (Å²) in [6, 6.07) is 12.3. The zero-order chi connectivity index (χ0) is 13.0. The standard InChI is InChI=1S/C14H14BrClN2/c1-18(9-11-4-6-13(15)7-5-11)10-12-3-2-8-17-14(12)16/h2-8H,9-10H2,1H3. The molecule has 4 heteroatoms. The topological polar surface area (TPSA) is 16.1 Å². The van der Waals surface area contributed by atoms with E-state index in [1.165, 1.54) is 5.56 Å². The lowest BCUT2D eigenvalue weighted by Gasteiger charge is -2.17. The van der Waals surface area contributed by atoms with E-state index in [1.807, 2.05) is 12.1 Å². The van der Waals surface area contributed by atoms with E-state index >= 15 is 0 Å².